The number of alkyl halides is 2. The molecule has 0 aliphatic carbocycles. The van der Waals surface area contributed by atoms with Crippen LogP contribution in [0.3, 0.4) is 0 Å². The van der Waals surface area contributed by atoms with Crippen LogP contribution in [0, 0.1) is 5.82 Å². The molecular weight excluding hydrogens is 470 g/mol. The summed E-state index contributed by atoms with van der Waals surface area (Å²) in [5, 5.41) is 1.12. The van der Waals surface area contributed by atoms with E-state index in [0.29, 0.717) is 21.1 Å². The average Bonchev–Trinajstić information content (AvgIpc) is 3.07. The lowest BCUT2D eigenvalue weighted by molar-refractivity contribution is -0.214. The average molecular weight is 490 g/mol. The summed E-state index contributed by atoms with van der Waals surface area (Å²) in [4.78, 5) is 8.55. The van der Waals surface area contributed by atoms with Crippen molar-refractivity contribution < 1.29 is 17.9 Å². The molecule has 31 heavy (non-hydrogen) atoms. The third kappa shape index (κ3) is 3.80. The Morgan fingerprint density at radius 1 is 1.13 bits per heavy atom. The van der Waals surface area contributed by atoms with Crippen LogP contribution in [0.5, 0.6) is 0 Å². The van der Waals surface area contributed by atoms with E-state index in [1.807, 2.05) is 0 Å². The third-order valence-electron chi connectivity index (χ3n) is 5.40. The van der Waals surface area contributed by atoms with E-state index in [2.05, 4.69) is 9.98 Å². The highest BCUT2D eigenvalue weighted by Crippen LogP contribution is 2.51. The maximum atomic E-state index is 15.6. The fraction of sp³-hybridized carbons (Fsp3) is 0.333. The summed E-state index contributed by atoms with van der Waals surface area (Å²) in [5.41, 5.74) is 2.56. The molecular formula is C21H20Cl2F3N3OS. The van der Waals surface area contributed by atoms with Crippen molar-refractivity contribution in [3.8, 4) is 10.6 Å². The number of aromatic nitrogens is 1. The molecule has 1 atom stereocenters. The molecule has 2 aromatic carbocycles. The quantitative estimate of drug-likeness (QED) is 0.466. The molecule has 0 saturated carbocycles. The van der Waals surface area contributed by atoms with Gasteiger partial charge in [-0.3, -0.25) is 4.99 Å². The number of ether oxygens (including phenoxy) is 1. The Labute approximate surface area is 192 Å². The normalized spacial score (nSPS) is 22.5. The number of nitrogens with zero attached hydrogens (tertiary/aromatic N) is 2. The van der Waals surface area contributed by atoms with E-state index in [1.165, 1.54) is 44.2 Å². The van der Waals surface area contributed by atoms with Crippen LogP contribution >= 0.6 is 35.3 Å². The number of hydrogen-bond acceptors (Lipinski definition) is 5. The number of aliphatic imine (C=N–C) groups is 1. The second-order valence-corrected chi connectivity index (χ2v) is 9.34. The lowest BCUT2D eigenvalue weighted by Gasteiger charge is -2.42. The minimum Gasteiger partial charge on any atom is -0.385 e. The Hall–Kier alpha value is -1.87. The summed E-state index contributed by atoms with van der Waals surface area (Å²) in [6.45, 7) is 3.41. The molecule has 1 aliphatic rings. The number of benzene rings is 2. The van der Waals surface area contributed by atoms with Gasteiger partial charge in [0.15, 0.2) is 5.54 Å². The highest BCUT2D eigenvalue weighted by atomic mass is 35.5. The summed E-state index contributed by atoms with van der Waals surface area (Å²) < 4.78 is 52.2. The largest absolute Gasteiger partial charge is 0.385 e. The third-order valence-corrected chi connectivity index (χ3v) is 6.71. The smallest absolute Gasteiger partial charge is 0.304 e. The maximum absolute atomic E-state index is 15.6. The van der Waals surface area contributed by atoms with Crippen molar-refractivity contribution >= 4 is 51.4 Å². The van der Waals surface area contributed by atoms with Crippen LogP contribution in [0.25, 0.3) is 20.8 Å². The second kappa shape index (κ2) is 7.92. The standard InChI is InChI=1S/C21H19ClF3N3OS.ClH/c1-19(2)21(24,25)20(3,28-17(26)10-29-19)13-8-11(4-6-14(13)23)18-27-15-7-5-12(22)9-16(15)30-18;/h4-9H,10H2,1-3H3,(H2,26,28);1H. The van der Waals surface area contributed by atoms with E-state index < -0.39 is 22.9 Å². The first kappa shape index (κ1) is 23.8. The van der Waals surface area contributed by atoms with Gasteiger partial charge in [0, 0.05) is 16.1 Å². The van der Waals surface area contributed by atoms with Crippen molar-refractivity contribution in [3.63, 3.8) is 0 Å². The van der Waals surface area contributed by atoms with Crippen molar-refractivity contribution in [2.24, 2.45) is 10.7 Å². The van der Waals surface area contributed by atoms with E-state index in [4.69, 9.17) is 22.1 Å². The lowest BCUT2D eigenvalue weighted by atomic mass is 9.77. The number of hydrogen-bond donors (Lipinski definition) is 1. The van der Waals surface area contributed by atoms with E-state index in [0.717, 1.165) is 10.8 Å². The molecule has 2 heterocycles. The van der Waals surface area contributed by atoms with E-state index >= 15 is 8.78 Å². The van der Waals surface area contributed by atoms with Gasteiger partial charge in [-0.25, -0.2) is 18.2 Å². The first-order chi connectivity index (χ1) is 13.9. The zero-order valence-corrected chi connectivity index (χ0v) is 19.3. The Balaban J connectivity index is 0.00000272. The summed E-state index contributed by atoms with van der Waals surface area (Å²) in [6, 6.07) is 9.28. The predicted molar refractivity (Wildman–Crippen MR) is 121 cm³/mol. The molecule has 166 valence electrons. The second-order valence-electron chi connectivity index (χ2n) is 7.87. The zero-order valence-electron chi connectivity index (χ0n) is 16.9. The summed E-state index contributed by atoms with van der Waals surface area (Å²) >= 11 is 7.37. The summed E-state index contributed by atoms with van der Waals surface area (Å²) in [6.07, 6.45) is 0. The van der Waals surface area contributed by atoms with Crippen LogP contribution in [0.2, 0.25) is 5.02 Å². The highest BCUT2D eigenvalue weighted by Gasteiger charge is 2.63. The number of thiazole rings is 1. The predicted octanol–water partition coefficient (Wildman–Crippen LogP) is 6.19. The first-order valence-corrected chi connectivity index (χ1v) is 10.4. The van der Waals surface area contributed by atoms with Crippen molar-refractivity contribution in [2.75, 3.05) is 6.61 Å². The Bertz CT molecular complexity index is 1180. The van der Waals surface area contributed by atoms with Gasteiger partial charge in [0.1, 0.15) is 28.9 Å². The molecule has 1 unspecified atom stereocenters. The Morgan fingerprint density at radius 2 is 1.84 bits per heavy atom. The molecule has 0 amide bonds. The first-order valence-electron chi connectivity index (χ1n) is 9.17. The lowest BCUT2D eigenvalue weighted by Crippen LogP contribution is -2.56. The Kier molecular flexibility index (Phi) is 6.08. The fourth-order valence-electron chi connectivity index (χ4n) is 3.60. The molecule has 0 radical (unpaired) electrons. The maximum Gasteiger partial charge on any atom is 0.304 e. The van der Waals surface area contributed by atoms with Gasteiger partial charge in [0.25, 0.3) is 0 Å². The molecule has 1 aromatic heterocycles. The van der Waals surface area contributed by atoms with Crippen LogP contribution in [0.4, 0.5) is 13.2 Å². The Morgan fingerprint density at radius 3 is 2.55 bits per heavy atom. The van der Waals surface area contributed by atoms with Gasteiger partial charge < -0.3 is 10.5 Å². The molecule has 3 aromatic rings. The van der Waals surface area contributed by atoms with Gasteiger partial charge in [0.05, 0.1) is 10.2 Å². The summed E-state index contributed by atoms with van der Waals surface area (Å²) in [7, 11) is 0. The van der Waals surface area contributed by atoms with E-state index in [1.54, 1.807) is 18.2 Å². The van der Waals surface area contributed by atoms with Crippen LogP contribution in [0.15, 0.2) is 41.4 Å². The van der Waals surface area contributed by atoms with Gasteiger partial charge >= 0.3 is 5.92 Å². The minimum absolute atomic E-state index is 0. The van der Waals surface area contributed by atoms with Gasteiger partial charge in [-0.2, -0.15) is 0 Å². The van der Waals surface area contributed by atoms with E-state index in [9.17, 15) is 4.39 Å². The van der Waals surface area contributed by atoms with E-state index in [-0.39, 0.29) is 30.4 Å². The molecule has 0 spiro atoms. The van der Waals surface area contributed by atoms with Crippen LogP contribution in [0.1, 0.15) is 26.3 Å². The molecule has 1 aliphatic heterocycles. The fourth-order valence-corrected chi connectivity index (χ4v) is 4.84. The molecule has 4 rings (SSSR count). The topological polar surface area (TPSA) is 60.5 Å². The van der Waals surface area contributed by atoms with Crippen molar-refractivity contribution in [3.05, 3.63) is 52.8 Å². The minimum atomic E-state index is -3.55. The van der Waals surface area contributed by atoms with Crippen LogP contribution in [-0.2, 0) is 10.3 Å². The zero-order chi connectivity index (χ0) is 21.9. The molecule has 0 bridgehead atoms. The van der Waals surface area contributed by atoms with Crippen LogP contribution in [-0.4, -0.2) is 29.0 Å². The number of nitrogens with two attached hydrogens (primary N) is 1. The highest BCUT2D eigenvalue weighted by molar-refractivity contribution is 7.21. The number of amidine groups is 1. The monoisotopic (exact) mass is 489 g/mol. The van der Waals surface area contributed by atoms with Gasteiger partial charge in [-0.05, 0) is 57.2 Å². The number of halogens is 5. The van der Waals surface area contributed by atoms with Gasteiger partial charge in [-0.15, -0.1) is 23.7 Å². The number of fused-ring (bicyclic) bond motifs is 1. The summed E-state index contributed by atoms with van der Waals surface area (Å²) in [5.74, 6) is -4.48. The van der Waals surface area contributed by atoms with Gasteiger partial charge in [0.2, 0.25) is 0 Å². The molecule has 0 saturated heterocycles. The van der Waals surface area contributed by atoms with Gasteiger partial charge in [-0.1, -0.05) is 11.6 Å². The SMILES string of the molecule is CC1(C)OCC(N)=NC(C)(c2cc(-c3nc4ccc(Cl)cc4s3)ccc2F)C1(F)F.Cl. The molecule has 2 N–H and O–H groups in total. The van der Waals surface area contributed by atoms with Crippen molar-refractivity contribution in [1.29, 1.82) is 0 Å². The van der Waals surface area contributed by atoms with Crippen molar-refractivity contribution in [1.82, 2.24) is 4.98 Å². The molecule has 4 nitrogen and oxygen atoms in total. The number of rotatable bonds is 2. The molecule has 10 heteroatoms. The van der Waals surface area contributed by atoms with Crippen molar-refractivity contribution in [2.45, 2.75) is 37.8 Å². The van der Waals surface area contributed by atoms with Crippen LogP contribution < -0.4 is 5.73 Å². The molecule has 0 fully saturated rings.